The molecule has 7 heteroatoms. The lowest BCUT2D eigenvalue weighted by Gasteiger charge is -2.36. The second-order valence-corrected chi connectivity index (χ2v) is 8.12. The lowest BCUT2D eigenvalue weighted by Crippen LogP contribution is -2.54. The van der Waals surface area contributed by atoms with Gasteiger partial charge >= 0.3 is 6.03 Å². The Hall–Kier alpha value is -3.22. The first-order chi connectivity index (χ1) is 14.5. The molecule has 2 aliphatic rings. The van der Waals surface area contributed by atoms with Crippen molar-refractivity contribution in [2.75, 3.05) is 6.54 Å². The van der Waals surface area contributed by atoms with E-state index in [9.17, 15) is 14.4 Å². The zero-order valence-corrected chi connectivity index (χ0v) is 17.1. The molecule has 1 aliphatic carbocycles. The number of carbonyl (C=O) groups is 3. The van der Waals surface area contributed by atoms with Gasteiger partial charge in [0.2, 0.25) is 0 Å². The van der Waals surface area contributed by atoms with Gasteiger partial charge in [-0.3, -0.25) is 14.5 Å². The number of hydrogen-bond acceptors (Lipinski definition) is 3. The van der Waals surface area contributed by atoms with Crippen LogP contribution in [0.2, 0.25) is 0 Å². The fourth-order valence-corrected chi connectivity index (χ4v) is 4.42. The summed E-state index contributed by atoms with van der Waals surface area (Å²) in [5.41, 5.74) is 0.703. The summed E-state index contributed by atoms with van der Waals surface area (Å²) in [6, 6.07) is 14.8. The van der Waals surface area contributed by atoms with Gasteiger partial charge in [0.15, 0.2) is 0 Å². The van der Waals surface area contributed by atoms with E-state index >= 15 is 0 Å². The number of nitrogens with zero attached hydrogens (tertiary/aromatic N) is 3. The van der Waals surface area contributed by atoms with E-state index in [1.807, 2.05) is 54.1 Å². The minimum Gasteiger partial charge on any atom is -0.328 e. The van der Waals surface area contributed by atoms with Crippen LogP contribution in [0.25, 0.3) is 0 Å². The number of amides is 4. The maximum absolute atomic E-state index is 13.0. The molecule has 4 rings (SSSR count). The number of urea groups is 1. The van der Waals surface area contributed by atoms with Crippen LogP contribution in [0.4, 0.5) is 4.79 Å². The highest BCUT2D eigenvalue weighted by Crippen LogP contribution is 2.38. The summed E-state index contributed by atoms with van der Waals surface area (Å²) >= 11 is 0. The normalized spacial score (nSPS) is 24.4. The van der Waals surface area contributed by atoms with Crippen LogP contribution < -0.4 is 10.8 Å². The van der Waals surface area contributed by atoms with Crippen molar-refractivity contribution in [2.45, 2.75) is 44.7 Å². The number of nitrogens with one attached hydrogen (secondary N) is 1. The number of imide groups is 1. The second-order valence-electron chi connectivity index (χ2n) is 8.12. The summed E-state index contributed by atoms with van der Waals surface area (Å²) in [7, 11) is 0. The van der Waals surface area contributed by atoms with Crippen molar-refractivity contribution < 1.29 is 14.4 Å². The molecule has 1 spiro atoms. The first kappa shape index (κ1) is 20.1. The molecule has 2 fully saturated rings. The Labute approximate surface area is 175 Å². The van der Waals surface area contributed by atoms with Gasteiger partial charge < -0.3 is 9.88 Å². The molecule has 1 saturated heterocycles. The van der Waals surface area contributed by atoms with Gasteiger partial charge in [0.05, 0.1) is 0 Å². The Kier molecular flexibility index (Phi) is 5.53. The van der Waals surface area contributed by atoms with Crippen LogP contribution in [0.3, 0.4) is 0 Å². The molecule has 30 heavy (non-hydrogen) atoms. The maximum atomic E-state index is 13.0. The van der Waals surface area contributed by atoms with E-state index in [0.717, 1.165) is 29.7 Å². The number of pyridine rings is 1. The second kappa shape index (κ2) is 8.26. The number of benzene rings is 1. The third-order valence-electron chi connectivity index (χ3n) is 6.15. The fourth-order valence-electron chi connectivity index (χ4n) is 4.42. The van der Waals surface area contributed by atoms with E-state index in [2.05, 4.69) is 10.3 Å². The number of carbonyl (C=O) groups excluding carboxylic acids is 3. The van der Waals surface area contributed by atoms with Crippen molar-refractivity contribution in [1.29, 1.82) is 0 Å². The first-order valence-corrected chi connectivity index (χ1v) is 10.4. The molecule has 1 aromatic carbocycles. The molecule has 1 N–H and O–H groups in total. The van der Waals surface area contributed by atoms with E-state index in [0.29, 0.717) is 18.5 Å². The smallest absolute Gasteiger partial charge is 0.325 e. The van der Waals surface area contributed by atoms with Crippen LogP contribution in [0.1, 0.15) is 38.2 Å². The molecule has 1 aliphatic heterocycles. The fraction of sp³-hybridized carbons (Fsp3) is 0.391. The lowest BCUT2D eigenvalue weighted by atomic mass is 9.73. The molecule has 1 saturated carbocycles. The maximum Gasteiger partial charge on any atom is 0.325 e. The number of aromatic nitrogens is 1. The highest BCUT2D eigenvalue weighted by atomic mass is 16.2. The summed E-state index contributed by atoms with van der Waals surface area (Å²) in [6.45, 7) is 2.21. The van der Waals surface area contributed by atoms with E-state index in [1.54, 1.807) is 12.1 Å². The minimum absolute atomic E-state index is 0.0573. The zero-order chi connectivity index (χ0) is 21.1. The highest BCUT2D eigenvalue weighted by molar-refractivity contribution is 6.09. The topological polar surface area (TPSA) is 83.8 Å². The Bertz CT molecular complexity index is 1030. The third-order valence-corrected chi connectivity index (χ3v) is 6.15. The van der Waals surface area contributed by atoms with Crippen LogP contribution in [0, 0.1) is 5.92 Å². The number of rotatable bonds is 4. The van der Waals surface area contributed by atoms with Gasteiger partial charge in [0, 0.05) is 12.7 Å². The zero-order valence-electron chi connectivity index (χ0n) is 17.1. The summed E-state index contributed by atoms with van der Waals surface area (Å²) in [6.07, 6.45) is 5.31. The molecule has 0 bridgehead atoms. The molecule has 156 valence electrons. The largest absolute Gasteiger partial charge is 0.328 e. The van der Waals surface area contributed by atoms with Gasteiger partial charge in [-0.05, 0) is 36.5 Å². The van der Waals surface area contributed by atoms with Crippen LogP contribution in [-0.4, -0.2) is 39.4 Å². The van der Waals surface area contributed by atoms with Gasteiger partial charge in [-0.1, -0.05) is 56.2 Å². The van der Waals surface area contributed by atoms with Crippen molar-refractivity contribution >= 4 is 17.8 Å². The van der Waals surface area contributed by atoms with Crippen LogP contribution in [0.15, 0.2) is 59.7 Å². The van der Waals surface area contributed by atoms with E-state index in [-0.39, 0.29) is 18.4 Å². The quantitative estimate of drug-likeness (QED) is 0.792. The Morgan fingerprint density at radius 2 is 1.90 bits per heavy atom. The molecular formula is C23H26N4O3. The summed E-state index contributed by atoms with van der Waals surface area (Å²) in [5, 5.41) is 2.87. The van der Waals surface area contributed by atoms with Gasteiger partial charge in [-0.15, -0.1) is 0 Å². The Balaban J connectivity index is 1.53. The summed E-state index contributed by atoms with van der Waals surface area (Å²) in [5.74, 6) is -0.762. The molecular weight excluding hydrogens is 380 g/mol. The highest BCUT2D eigenvalue weighted by Gasteiger charge is 2.55. The molecule has 4 amide bonds. The standard InChI is InChI=1S/C23H26N4O3/c1-17-9-5-7-13-23(17)21(29)27(22(30)25-23)16-20(28)24-19-12-6-8-14-26(19)15-18-10-3-2-4-11-18/h2-4,6,8,10-12,14,17H,5,7,9,13,15-16H2,1H3,(H,25,30). The monoisotopic (exact) mass is 406 g/mol. The molecule has 1 aromatic heterocycles. The van der Waals surface area contributed by atoms with Crippen LogP contribution in [-0.2, 0) is 16.1 Å². The predicted octanol–water partition coefficient (Wildman–Crippen LogP) is 2.46. The van der Waals surface area contributed by atoms with E-state index in [1.165, 1.54) is 0 Å². The molecule has 0 radical (unpaired) electrons. The average Bonchev–Trinajstić information content (AvgIpc) is 2.97. The van der Waals surface area contributed by atoms with Gasteiger partial charge in [-0.25, -0.2) is 4.79 Å². The molecule has 7 nitrogen and oxygen atoms in total. The van der Waals surface area contributed by atoms with Crippen LogP contribution in [0.5, 0.6) is 0 Å². The van der Waals surface area contributed by atoms with Crippen molar-refractivity contribution in [2.24, 2.45) is 10.9 Å². The van der Waals surface area contributed by atoms with Crippen molar-refractivity contribution in [3.8, 4) is 0 Å². The van der Waals surface area contributed by atoms with Gasteiger partial charge in [0.25, 0.3) is 11.8 Å². The van der Waals surface area contributed by atoms with Crippen molar-refractivity contribution in [3.63, 3.8) is 0 Å². The molecule has 2 unspecified atom stereocenters. The number of hydrogen-bond donors (Lipinski definition) is 1. The average molecular weight is 406 g/mol. The van der Waals surface area contributed by atoms with E-state index < -0.39 is 17.5 Å². The molecule has 2 heterocycles. The van der Waals surface area contributed by atoms with Crippen molar-refractivity contribution in [3.05, 3.63) is 65.8 Å². The van der Waals surface area contributed by atoms with Gasteiger partial charge in [0.1, 0.15) is 17.6 Å². The Morgan fingerprint density at radius 1 is 1.13 bits per heavy atom. The minimum atomic E-state index is -0.865. The Morgan fingerprint density at radius 3 is 2.67 bits per heavy atom. The van der Waals surface area contributed by atoms with Crippen LogP contribution >= 0.6 is 0 Å². The predicted molar refractivity (Wildman–Crippen MR) is 111 cm³/mol. The first-order valence-electron chi connectivity index (χ1n) is 10.4. The van der Waals surface area contributed by atoms with Crippen molar-refractivity contribution in [1.82, 2.24) is 14.8 Å². The third kappa shape index (κ3) is 3.79. The van der Waals surface area contributed by atoms with E-state index in [4.69, 9.17) is 0 Å². The molecule has 2 aromatic rings. The lowest BCUT2D eigenvalue weighted by molar-refractivity contribution is -0.136. The summed E-state index contributed by atoms with van der Waals surface area (Å²) < 4.78 is 1.86. The van der Waals surface area contributed by atoms with Gasteiger partial charge in [-0.2, -0.15) is 4.99 Å². The summed E-state index contributed by atoms with van der Waals surface area (Å²) in [4.78, 5) is 43.4. The SMILES string of the molecule is CC1CCCCC12NC(=O)N(CC(=O)N=c1ccccn1Cc1ccccc1)C2=O. The molecule has 2 atom stereocenters.